The zero-order valence-corrected chi connectivity index (χ0v) is 14.2. The first kappa shape index (κ1) is 16.8. The Morgan fingerprint density at radius 2 is 1.92 bits per heavy atom. The van der Waals surface area contributed by atoms with Gasteiger partial charge in [0.2, 0.25) is 5.91 Å². The third kappa shape index (κ3) is 4.28. The average Bonchev–Trinajstić information content (AvgIpc) is 2.59. The van der Waals surface area contributed by atoms with Gasteiger partial charge < -0.3 is 14.8 Å². The van der Waals surface area contributed by atoms with E-state index in [0.29, 0.717) is 36.2 Å². The van der Waals surface area contributed by atoms with Crippen LogP contribution in [0, 0.1) is 5.92 Å². The van der Waals surface area contributed by atoms with Gasteiger partial charge in [-0.05, 0) is 37.0 Å². The largest absolute Gasteiger partial charge is 0.486 e. The van der Waals surface area contributed by atoms with E-state index in [9.17, 15) is 9.59 Å². The Bertz CT molecular complexity index is 613. The van der Waals surface area contributed by atoms with Gasteiger partial charge >= 0.3 is 0 Å². The Balaban J connectivity index is 1.49. The number of amides is 1. The second kappa shape index (κ2) is 7.69. The van der Waals surface area contributed by atoms with Crippen LogP contribution in [0.5, 0.6) is 11.5 Å². The first-order valence-electron chi connectivity index (χ1n) is 8.84. The number of rotatable bonds is 5. The Kier molecular flexibility index (Phi) is 5.38. The number of Topliss-reactive ketones (excluding diaryl/α,β-unsaturated/α-hetero) is 1. The average molecular weight is 331 g/mol. The van der Waals surface area contributed by atoms with Crippen molar-refractivity contribution in [3.05, 3.63) is 23.8 Å². The molecule has 2 unspecified atom stereocenters. The van der Waals surface area contributed by atoms with Gasteiger partial charge in [-0.25, -0.2) is 0 Å². The van der Waals surface area contributed by atoms with Crippen LogP contribution in [0.2, 0.25) is 0 Å². The number of carbonyl (C=O) groups is 2. The van der Waals surface area contributed by atoms with E-state index in [1.165, 1.54) is 12.8 Å². The van der Waals surface area contributed by atoms with Crippen molar-refractivity contribution >= 4 is 11.7 Å². The summed E-state index contributed by atoms with van der Waals surface area (Å²) in [6.07, 6.45) is 4.96. The molecule has 3 rings (SSSR count). The highest BCUT2D eigenvalue weighted by Gasteiger charge is 2.21. The number of benzene rings is 1. The van der Waals surface area contributed by atoms with Crippen LogP contribution in [0.3, 0.4) is 0 Å². The summed E-state index contributed by atoms with van der Waals surface area (Å²) >= 11 is 0. The summed E-state index contributed by atoms with van der Waals surface area (Å²) in [5.41, 5.74) is 0.568. The highest BCUT2D eigenvalue weighted by molar-refractivity contribution is 5.98. The molecule has 1 fully saturated rings. The van der Waals surface area contributed by atoms with Crippen molar-refractivity contribution in [1.29, 1.82) is 0 Å². The molecule has 1 saturated carbocycles. The van der Waals surface area contributed by atoms with Gasteiger partial charge in [0.1, 0.15) is 13.2 Å². The Morgan fingerprint density at radius 1 is 1.12 bits per heavy atom. The van der Waals surface area contributed by atoms with Gasteiger partial charge in [0.25, 0.3) is 0 Å². The maximum absolute atomic E-state index is 12.3. The van der Waals surface area contributed by atoms with E-state index in [1.807, 2.05) is 0 Å². The molecule has 1 aromatic rings. The minimum Gasteiger partial charge on any atom is -0.486 e. The van der Waals surface area contributed by atoms with E-state index in [0.717, 1.165) is 12.8 Å². The molecule has 1 aliphatic heterocycles. The maximum atomic E-state index is 12.3. The van der Waals surface area contributed by atoms with Crippen LogP contribution in [0.25, 0.3) is 0 Å². The molecule has 0 saturated heterocycles. The van der Waals surface area contributed by atoms with E-state index < -0.39 is 0 Å². The number of ketones is 1. The molecule has 5 nitrogen and oxygen atoms in total. The van der Waals surface area contributed by atoms with Crippen molar-refractivity contribution in [1.82, 2.24) is 5.32 Å². The Labute approximate surface area is 142 Å². The molecular weight excluding hydrogens is 306 g/mol. The lowest BCUT2D eigenvalue weighted by atomic mass is 9.87. The normalized spacial score (nSPS) is 22.7. The van der Waals surface area contributed by atoms with Gasteiger partial charge in [-0.15, -0.1) is 0 Å². The molecule has 2 atom stereocenters. The lowest BCUT2D eigenvalue weighted by Crippen LogP contribution is -2.38. The number of carbonyl (C=O) groups excluding carboxylic acids is 2. The van der Waals surface area contributed by atoms with Gasteiger partial charge in [-0.3, -0.25) is 9.59 Å². The van der Waals surface area contributed by atoms with Crippen LogP contribution in [0.1, 0.15) is 55.8 Å². The van der Waals surface area contributed by atoms with Crippen molar-refractivity contribution in [3.63, 3.8) is 0 Å². The van der Waals surface area contributed by atoms with Crippen molar-refractivity contribution in [2.45, 2.75) is 51.5 Å². The van der Waals surface area contributed by atoms with Crippen molar-refractivity contribution in [2.75, 3.05) is 13.2 Å². The van der Waals surface area contributed by atoms with Crippen molar-refractivity contribution in [2.24, 2.45) is 5.92 Å². The SMILES string of the molecule is CC1CCCC(NC(=O)CCC(=O)c2ccc3c(c2)OCCO3)C1. The van der Waals surface area contributed by atoms with E-state index in [4.69, 9.17) is 9.47 Å². The number of hydrogen-bond acceptors (Lipinski definition) is 4. The standard InChI is InChI=1S/C19H25NO4/c1-13-3-2-4-15(11-13)20-19(22)8-6-16(21)14-5-7-17-18(12-14)24-10-9-23-17/h5,7,12-13,15H,2-4,6,8-11H2,1H3,(H,20,22). The van der Waals surface area contributed by atoms with Crippen LogP contribution in [0.4, 0.5) is 0 Å². The molecule has 1 N–H and O–H groups in total. The molecule has 24 heavy (non-hydrogen) atoms. The zero-order valence-electron chi connectivity index (χ0n) is 14.2. The van der Waals surface area contributed by atoms with Gasteiger partial charge in [0, 0.05) is 24.4 Å². The fraction of sp³-hybridized carbons (Fsp3) is 0.579. The predicted octanol–water partition coefficient (Wildman–Crippen LogP) is 3.12. The summed E-state index contributed by atoms with van der Waals surface area (Å²) in [7, 11) is 0. The van der Waals surface area contributed by atoms with E-state index in [1.54, 1.807) is 18.2 Å². The van der Waals surface area contributed by atoms with Crippen LogP contribution in [0.15, 0.2) is 18.2 Å². The number of fused-ring (bicyclic) bond motifs is 1. The van der Waals surface area contributed by atoms with E-state index >= 15 is 0 Å². The Hall–Kier alpha value is -2.04. The molecule has 130 valence electrons. The maximum Gasteiger partial charge on any atom is 0.220 e. The molecule has 0 bridgehead atoms. The Morgan fingerprint density at radius 3 is 2.71 bits per heavy atom. The van der Waals surface area contributed by atoms with Crippen LogP contribution in [-0.2, 0) is 4.79 Å². The predicted molar refractivity (Wildman–Crippen MR) is 90.6 cm³/mol. The number of ether oxygens (including phenoxy) is 2. The molecule has 5 heteroatoms. The molecule has 0 aromatic heterocycles. The summed E-state index contributed by atoms with van der Waals surface area (Å²) in [6.45, 7) is 3.25. The number of hydrogen-bond donors (Lipinski definition) is 1. The lowest BCUT2D eigenvalue weighted by Gasteiger charge is -2.27. The van der Waals surface area contributed by atoms with Crippen molar-refractivity contribution in [3.8, 4) is 11.5 Å². The third-order valence-electron chi connectivity index (χ3n) is 4.74. The monoisotopic (exact) mass is 331 g/mol. The van der Waals surface area contributed by atoms with Crippen LogP contribution >= 0.6 is 0 Å². The molecular formula is C19H25NO4. The minimum absolute atomic E-state index is 0.0278. The molecule has 0 spiro atoms. The lowest BCUT2D eigenvalue weighted by molar-refractivity contribution is -0.122. The fourth-order valence-electron chi connectivity index (χ4n) is 3.45. The summed E-state index contributed by atoms with van der Waals surface area (Å²) < 4.78 is 10.9. The highest BCUT2D eigenvalue weighted by atomic mass is 16.6. The first-order valence-corrected chi connectivity index (χ1v) is 8.84. The van der Waals surface area contributed by atoms with Gasteiger partial charge in [-0.2, -0.15) is 0 Å². The zero-order chi connectivity index (χ0) is 16.9. The van der Waals surface area contributed by atoms with Gasteiger partial charge in [0.15, 0.2) is 17.3 Å². The van der Waals surface area contributed by atoms with Crippen LogP contribution in [-0.4, -0.2) is 30.9 Å². The summed E-state index contributed by atoms with van der Waals surface area (Å²) in [4.78, 5) is 24.4. The second-order valence-electron chi connectivity index (χ2n) is 6.82. The fourth-order valence-corrected chi connectivity index (χ4v) is 3.45. The molecule has 0 radical (unpaired) electrons. The van der Waals surface area contributed by atoms with E-state index in [2.05, 4.69) is 12.2 Å². The summed E-state index contributed by atoms with van der Waals surface area (Å²) in [5.74, 6) is 1.87. The minimum atomic E-state index is -0.0425. The van der Waals surface area contributed by atoms with Crippen LogP contribution < -0.4 is 14.8 Å². The quantitative estimate of drug-likeness (QED) is 0.842. The van der Waals surface area contributed by atoms with Gasteiger partial charge in [0.05, 0.1) is 0 Å². The first-order chi connectivity index (χ1) is 11.6. The van der Waals surface area contributed by atoms with Crippen molar-refractivity contribution < 1.29 is 19.1 Å². The smallest absolute Gasteiger partial charge is 0.220 e. The number of nitrogens with one attached hydrogen (secondary N) is 1. The summed E-state index contributed by atoms with van der Waals surface area (Å²) in [6, 6.07) is 5.46. The molecule has 2 aliphatic rings. The molecule has 1 aromatic carbocycles. The summed E-state index contributed by atoms with van der Waals surface area (Å²) in [5, 5.41) is 3.07. The molecule has 1 heterocycles. The van der Waals surface area contributed by atoms with E-state index in [-0.39, 0.29) is 30.6 Å². The van der Waals surface area contributed by atoms with Gasteiger partial charge in [-0.1, -0.05) is 19.8 Å². The topological polar surface area (TPSA) is 64.6 Å². The third-order valence-corrected chi connectivity index (χ3v) is 4.74. The molecule has 1 amide bonds. The second-order valence-corrected chi connectivity index (χ2v) is 6.82. The molecule has 1 aliphatic carbocycles. The highest BCUT2D eigenvalue weighted by Crippen LogP contribution is 2.31.